The number of hydrogen-bond donors (Lipinski definition) is 1. The van der Waals surface area contributed by atoms with Crippen LogP contribution in [0.15, 0.2) is 11.4 Å². The first-order valence-corrected chi connectivity index (χ1v) is 8.18. The fourth-order valence-corrected chi connectivity index (χ4v) is 4.14. The minimum Gasteiger partial charge on any atom is -0.329 e. The van der Waals surface area contributed by atoms with Crippen molar-refractivity contribution in [1.82, 2.24) is 9.80 Å². The van der Waals surface area contributed by atoms with Crippen LogP contribution < -0.4 is 5.73 Å². The quantitative estimate of drug-likeness (QED) is 0.907. The van der Waals surface area contributed by atoms with Crippen LogP contribution in [0, 0.1) is 5.92 Å². The minimum absolute atomic E-state index is 0.345. The Bertz CT molecular complexity index is 386. The van der Waals surface area contributed by atoms with Crippen LogP contribution in [0.2, 0.25) is 5.02 Å². The lowest BCUT2D eigenvalue weighted by Gasteiger charge is -2.37. The summed E-state index contributed by atoms with van der Waals surface area (Å²) in [6.45, 7) is 4.17. The van der Waals surface area contributed by atoms with Crippen LogP contribution in [0.1, 0.15) is 23.8 Å². The fourth-order valence-electron chi connectivity index (χ4n) is 2.91. The zero-order chi connectivity index (χ0) is 13.8. The van der Waals surface area contributed by atoms with Crippen LogP contribution in [0.4, 0.5) is 0 Å². The molecule has 0 spiro atoms. The average molecular weight is 302 g/mol. The standard InChI is InChI=1S/C14H24ClN3S/c1-17(2)9-11-3-5-18(6-4-11)13(8-16)14-7-12(15)10-19-14/h7,10-11,13H,3-6,8-9,16H2,1-2H3. The summed E-state index contributed by atoms with van der Waals surface area (Å²) in [6, 6.07) is 2.41. The molecule has 0 saturated carbocycles. The molecule has 1 aliphatic heterocycles. The molecule has 1 aromatic rings. The lowest BCUT2D eigenvalue weighted by atomic mass is 9.95. The van der Waals surface area contributed by atoms with Gasteiger partial charge in [-0.3, -0.25) is 4.90 Å². The first-order chi connectivity index (χ1) is 9.10. The zero-order valence-corrected chi connectivity index (χ0v) is 13.4. The third-order valence-corrected chi connectivity index (χ3v) is 5.23. The van der Waals surface area contributed by atoms with Crippen LogP contribution in [0.25, 0.3) is 0 Å². The highest BCUT2D eigenvalue weighted by molar-refractivity contribution is 7.10. The van der Waals surface area contributed by atoms with Crippen LogP contribution >= 0.6 is 22.9 Å². The van der Waals surface area contributed by atoms with Gasteiger partial charge in [0, 0.05) is 23.3 Å². The van der Waals surface area contributed by atoms with Gasteiger partial charge in [0.05, 0.1) is 11.1 Å². The van der Waals surface area contributed by atoms with Gasteiger partial charge in [-0.1, -0.05) is 11.6 Å². The fraction of sp³-hybridized carbons (Fsp3) is 0.714. The summed E-state index contributed by atoms with van der Waals surface area (Å²) in [5, 5.41) is 2.83. The molecular formula is C14H24ClN3S. The van der Waals surface area contributed by atoms with Crippen molar-refractivity contribution < 1.29 is 0 Å². The number of nitrogens with two attached hydrogens (primary N) is 1. The van der Waals surface area contributed by atoms with E-state index < -0.39 is 0 Å². The van der Waals surface area contributed by atoms with Gasteiger partial charge in [-0.05, 0) is 52.0 Å². The molecule has 1 aliphatic rings. The number of hydrogen-bond acceptors (Lipinski definition) is 4. The predicted molar refractivity (Wildman–Crippen MR) is 84.0 cm³/mol. The van der Waals surface area contributed by atoms with Gasteiger partial charge in [-0.15, -0.1) is 11.3 Å². The number of thiophene rings is 1. The van der Waals surface area contributed by atoms with Crippen molar-refractivity contribution in [3.63, 3.8) is 0 Å². The molecule has 2 rings (SSSR count). The lowest BCUT2D eigenvalue weighted by Crippen LogP contribution is -2.41. The Kier molecular flexibility index (Phi) is 5.66. The van der Waals surface area contributed by atoms with E-state index in [9.17, 15) is 0 Å². The van der Waals surface area contributed by atoms with Gasteiger partial charge in [-0.2, -0.15) is 0 Å². The Morgan fingerprint density at radius 1 is 1.47 bits per heavy atom. The van der Waals surface area contributed by atoms with E-state index in [1.807, 2.05) is 5.38 Å². The van der Waals surface area contributed by atoms with Crippen molar-refractivity contribution in [3.05, 3.63) is 21.3 Å². The maximum atomic E-state index is 6.03. The van der Waals surface area contributed by atoms with Gasteiger partial charge in [0.1, 0.15) is 0 Å². The summed E-state index contributed by atoms with van der Waals surface area (Å²) < 4.78 is 0. The van der Waals surface area contributed by atoms with Crippen molar-refractivity contribution in [2.24, 2.45) is 11.7 Å². The number of likely N-dealkylation sites (tertiary alicyclic amines) is 1. The molecule has 0 radical (unpaired) electrons. The zero-order valence-electron chi connectivity index (χ0n) is 11.8. The Labute approximate surface area is 125 Å². The van der Waals surface area contributed by atoms with E-state index >= 15 is 0 Å². The van der Waals surface area contributed by atoms with Crippen molar-refractivity contribution in [3.8, 4) is 0 Å². The molecule has 1 unspecified atom stereocenters. The van der Waals surface area contributed by atoms with Crippen molar-refractivity contribution >= 4 is 22.9 Å². The number of halogens is 1. The molecule has 0 bridgehead atoms. The summed E-state index contributed by atoms with van der Waals surface area (Å²) in [5.74, 6) is 0.830. The highest BCUT2D eigenvalue weighted by Crippen LogP contribution is 2.31. The topological polar surface area (TPSA) is 32.5 Å². The molecule has 108 valence electrons. The maximum Gasteiger partial charge on any atom is 0.0564 e. The number of rotatable bonds is 5. The molecule has 0 aromatic carbocycles. The molecule has 2 N–H and O–H groups in total. The molecule has 19 heavy (non-hydrogen) atoms. The average Bonchev–Trinajstić information content (AvgIpc) is 2.78. The first-order valence-electron chi connectivity index (χ1n) is 6.93. The van der Waals surface area contributed by atoms with E-state index in [4.69, 9.17) is 17.3 Å². The van der Waals surface area contributed by atoms with Gasteiger partial charge in [0.15, 0.2) is 0 Å². The third kappa shape index (κ3) is 4.17. The summed E-state index contributed by atoms with van der Waals surface area (Å²) in [6.07, 6.45) is 2.54. The Hall–Kier alpha value is -0.130. The largest absolute Gasteiger partial charge is 0.329 e. The van der Waals surface area contributed by atoms with Crippen LogP contribution in [0.5, 0.6) is 0 Å². The van der Waals surface area contributed by atoms with E-state index in [0.717, 1.165) is 24.0 Å². The Morgan fingerprint density at radius 3 is 2.63 bits per heavy atom. The number of piperidine rings is 1. The van der Waals surface area contributed by atoms with Crippen molar-refractivity contribution in [2.75, 3.05) is 40.3 Å². The van der Waals surface area contributed by atoms with Crippen molar-refractivity contribution in [2.45, 2.75) is 18.9 Å². The molecule has 5 heteroatoms. The van der Waals surface area contributed by atoms with E-state index in [0.29, 0.717) is 12.6 Å². The molecule has 1 aromatic heterocycles. The molecule has 1 atom stereocenters. The lowest BCUT2D eigenvalue weighted by molar-refractivity contribution is 0.124. The predicted octanol–water partition coefficient (Wildman–Crippen LogP) is 2.67. The van der Waals surface area contributed by atoms with Gasteiger partial charge >= 0.3 is 0 Å². The van der Waals surface area contributed by atoms with Gasteiger partial charge in [0.2, 0.25) is 0 Å². The van der Waals surface area contributed by atoms with Crippen LogP contribution in [-0.4, -0.2) is 50.1 Å². The maximum absolute atomic E-state index is 6.03. The first kappa shape index (κ1) is 15.3. The summed E-state index contributed by atoms with van der Waals surface area (Å²) in [4.78, 5) is 6.12. The van der Waals surface area contributed by atoms with Gasteiger partial charge in [-0.25, -0.2) is 0 Å². The van der Waals surface area contributed by atoms with Crippen LogP contribution in [-0.2, 0) is 0 Å². The van der Waals surface area contributed by atoms with Gasteiger partial charge < -0.3 is 10.6 Å². The third-order valence-electron chi connectivity index (χ3n) is 3.85. The molecule has 3 nitrogen and oxygen atoms in total. The second kappa shape index (κ2) is 7.04. The second-order valence-corrected chi connectivity index (χ2v) is 7.04. The molecular weight excluding hydrogens is 278 g/mol. The Morgan fingerprint density at radius 2 is 2.16 bits per heavy atom. The molecule has 0 amide bonds. The van der Waals surface area contributed by atoms with E-state index in [2.05, 4.69) is 30.0 Å². The summed E-state index contributed by atoms with van der Waals surface area (Å²) in [7, 11) is 4.31. The highest BCUT2D eigenvalue weighted by atomic mass is 35.5. The second-order valence-electron chi connectivity index (χ2n) is 5.66. The molecule has 2 heterocycles. The highest BCUT2D eigenvalue weighted by Gasteiger charge is 2.26. The van der Waals surface area contributed by atoms with Crippen LogP contribution in [0.3, 0.4) is 0 Å². The van der Waals surface area contributed by atoms with Crippen molar-refractivity contribution in [1.29, 1.82) is 0 Å². The normalized spacial score (nSPS) is 20.1. The van der Waals surface area contributed by atoms with E-state index in [1.165, 1.54) is 24.3 Å². The van der Waals surface area contributed by atoms with E-state index in [-0.39, 0.29) is 0 Å². The smallest absolute Gasteiger partial charge is 0.0564 e. The monoisotopic (exact) mass is 301 g/mol. The SMILES string of the molecule is CN(C)CC1CCN(C(CN)c2cc(Cl)cs2)CC1. The summed E-state index contributed by atoms with van der Waals surface area (Å²) in [5.41, 5.74) is 5.97. The summed E-state index contributed by atoms with van der Waals surface area (Å²) >= 11 is 7.75. The molecule has 1 fully saturated rings. The number of nitrogens with zero attached hydrogens (tertiary/aromatic N) is 2. The minimum atomic E-state index is 0.345. The molecule has 1 saturated heterocycles. The van der Waals surface area contributed by atoms with E-state index in [1.54, 1.807) is 11.3 Å². The van der Waals surface area contributed by atoms with Gasteiger partial charge in [0.25, 0.3) is 0 Å². The Balaban J connectivity index is 1.92. The molecule has 0 aliphatic carbocycles.